The molecule has 1 fully saturated rings. The van der Waals surface area contributed by atoms with Crippen LogP contribution in [0.2, 0.25) is 0 Å². The van der Waals surface area contributed by atoms with Gasteiger partial charge in [0.15, 0.2) is 0 Å². The van der Waals surface area contributed by atoms with E-state index in [4.69, 9.17) is 4.74 Å². The van der Waals surface area contributed by atoms with Gasteiger partial charge in [-0.15, -0.1) is 0 Å². The van der Waals surface area contributed by atoms with Crippen molar-refractivity contribution in [2.75, 3.05) is 39.4 Å². The lowest BCUT2D eigenvalue weighted by atomic mass is 10.2. The van der Waals surface area contributed by atoms with E-state index in [2.05, 4.69) is 10.4 Å². The van der Waals surface area contributed by atoms with Gasteiger partial charge in [0, 0.05) is 18.0 Å². The normalized spacial score (nSPS) is 15.6. The first-order valence-electron chi connectivity index (χ1n) is 7.62. The number of amides is 1. The number of benzene rings is 1. The van der Waals surface area contributed by atoms with E-state index in [0.717, 1.165) is 38.5 Å². The lowest BCUT2D eigenvalue weighted by Gasteiger charge is -2.23. The summed E-state index contributed by atoms with van der Waals surface area (Å²) in [5.41, 5.74) is 1.62. The molecular weight excluding hydrogens is 280 g/mol. The van der Waals surface area contributed by atoms with Crippen LogP contribution >= 0.6 is 0 Å². The van der Waals surface area contributed by atoms with Gasteiger partial charge < -0.3 is 15.0 Å². The number of nitrogens with one attached hydrogen (secondary N) is 2. The van der Waals surface area contributed by atoms with Gasteiger partial charge >= 0.3 is 0 Å². The summed E-state index contributed by atoms with van der Waals surface area (Å²) < 4.78 is 7.09. The molecule has 6 heteroatoms. The molecule has 116 valence electrons. The number of carbonyl (C=O) groups excluding carboxylic acids is 1. The molecule has 0 spiro atoms. The summed E-state index contributed by atoms with van der Waals surface area (Å²) in [6.07, 6.45) is 3.61. The Balaban J connectivity index is 1.49. The summed E-state index contributed by atoms with van der Waals surface area (Å²) >= 11 is 0. The van der Waals surface area contributed by atoms with Gasteiger partial charge in [0.1, 0.15) is 13.1 Å². The first-order chi connectivity index (χ1) is 10.8. The van der Waals surface area contributed by atoms with Crippen LogP contribution in [0.25, 0.3) is 5.69 Å². The number of aromatic nitrogens is 2. The van der Waals surface area contributed by atoms with Crippen molar-refractivity contribution in [1.82, 2.24) is 15.1 Å². The molecule has 6 nitrogen and oxygen atoms in total. The van der Waals surface area contributed by atoms with Crippen molar-refractivity contribution in [2.45, 2.75) is 0 Å². The smallest absolute Gasteiger partial charge is 0.251 e. The van der Waals surface area contributed by atoms with Crippen LogP contribution < -0.4 is 10.2 Å². The van der Waals surface area contributed by atoms with Crippen molar-refractivity contribution >= 4 is 5.91 Å². The van der Waals surface area contributed by atoms with E-state index in [1.54, 1.807) is 10.9 Å². The van der Waals surface area contributed by atoms with E-state index in [1.165, 1.54) is 4.90 Å². The molecule has 1 aliphatic heterocycles. The molecule has 1 aliphatic rings. The molecule has 2 heterocycles. The van der Waals surface area contributed by atoms with Gasteiger partial charge in [0.2, 0.25) is 0 Å². The van der Waals surface area contributed by atoms with Crippen LogP contribution in [0.4, 0.5) is 0 Å². The number of rotatable bonds is 5. The highest BCUT2D eigenvalue weighted by atomic mass is 16.5. The predicted molar refractivity (Wildman–Crippen MR) is 82.3 cm³/mol. The van der Waals surface area contributed by atoms with Gasteiger partial charge in [0.25, 0.3) is 5.91 Å². The SMILES string of the molecule is O=C(NCC[NH+]1CCOCC1)c1ccc(-n2cccn2)cc1. The van der Waals surface area contributed by atoms with Crippen molar-refractivity contribution in [2.24, 2.45) is 0 Å². The van der Waals surface area contributed by atoms with Crippen molar-refractivity contribution in [3.63, 3.8) is 0 Å². The highest BCUT2D eigenvalue weighted by Gasteiger charge is 2.13. The number of hydrogen-bond acceptors (Lipinski definition) is 3. The first kappa shape index (κ1) is 14.7. The van der Waals surface area contributed by atoms with E-state index in [0.29, 0.717) is 12.1 Å². The Morgan fingerprint density at radius 1 is 1.27 bits per heavy atom. The molecule has 3 rings (SSSR count). The number of hydrogen-bond donors (Lipinski definition) is 2. The zero-order valence-corrected chi connectivity index (χ0v) is 12.5. The van der Waals surface area contributed by atoms with E-state index in [-0.39, 0.29) is 5.91 Å². The minimum absolute atomic E-state index is 0.0281. The van der Waals surface area contributed by atoms with Crippen LogP contribution in [-0.2, 0) is 4.74 Å². The molecule has 0 atom stereocenters. The molecular formula is C16H21N4O2+. The monoisotopic (exact) mass is 301 g/mol. The second-order valence-electron chi connectivity index (χ2n) is 5.37. The second kappa shape index (κ2) is 7.20. The van der Waals surface area contributed by atoms with E-state index in [1.807, 2.05) is 36.5 Å². The molecule has 0 radical (unpaired) electrons. The zero-order chi connectivity index (χ0) is 15.2. The third kappa shape index (κ3) is 3.72. The fourth-order valence-corrected chi connectivity index (χ4v) is 2.55. The Morgan fingerprint density at radius 2 is 2.05 bits per heavy atom. The van der Waals surface area contributed by atoms with Crippen LogP contribution in [0.3, 0.4) is 0 Å². The molecule has 2 aromatic rings. The summed E-state index contributed by atoms with van der Waals surface area (Å²) in [6.45, 7) is 5.31. The maximum absolute atomic E-state index is 12.1. The summed E-state index contributed by atoms with van der Waals surface area (Å²) in [5, 5.41) is 7.14. The lowest BCUT2D eigenvalue weighted by Crippen LogP contribution is -3.14. The third-order valence-corrected chi connectivity index (χ3v) is 3.86. The summed E-state index contributed by atoms with van der Waals surface area (Å²) in [7, 11) is 0. The Bertz CT molecular complexity index is 589. The van der Waals surface area contributed by atoms with Crippen molar-refractivity contribution in [1.29, 1.82) is 0 Å². The Labute approximate surface area is 129 Å². The molecule has 22 heavy (non-hydrogen) atoms. The van der Waals surface area contributed by atoms with Crippen molar-refractivity contribution in [3.05, 3.63) is 48.3 Å². The average Bonchev–Trinajstić information content (AvgIpc) is 3.10. The van der Waals surface area contributed by atoms with E-state index in [9.17, 15) is 4.79 Å². The van der Waals surface area contributed by atoms with Gasteiger partial charge in [-0.2, -0.15) is 5.10 Å². The third-order valence-electron chi connectivity index (χ3n) is 3.86. The predicted octanol–water partition coefficient (Wildman–Crippen LogP) is -0.483. The summed E-state index contributed by atoms with van der Waals surface area (Å²) in [6, 6.07) is 9.32. The molecule has 1 amide bonds. The Kier molecular flexibility index (Phi) is 4.82. The molecule has 1 aromatic heterocycles. The minimum Gasteiger partial charge on any atom is -0.370 e. The lowest BCUT2D eigenvalue weighted by molar-refractivity contribution is -0.906. The molecule has 1 saturated heterocycles. The van der Waals surface area contributed by atoms with Crippen LogP contribution in [0.5, 0.6) is 0 Å². The summed E-state index contributed by atoms with van der Waals surface area (Å²) in [5.74, 6) is -0.0281. The molecule has 0 saturated carbocycles. The Morgan fingerprint density at radius 3 is 2.73 bits per heavy atom. The number of carbonyl (C=O) groups is 1. The topological polar surface area (TPSA) is 60.6 Å². The maximum atomic E-state index is 12.1. The second-order valence-corrected chi connectivity index (χ2v) is 5.37. The molecule has 0 bridgehead atoms. The number of morpholine rings is 1. The molecule has 0 aliphatic carbocycles. The van der Waals surface area contributed by atoms with Gasteiger partial charge in [0.05, 0.1) is 32.0 Å². The Hall–Kier alpha value is -2.18. The maximum Gasteiger partial charge on any atom is 0.251 e. The molecule has 1 aromatic carbocycles. The zero-order valence-electron chi connectivity index (χ0n) is 12.5. The average molecular weight is 301 g/mol. The van der Waals surface area contributed by atoms with Crippen LogP contribution in [0.1, 0.15) is 10.4 Å². The van der Waals surface area contributed by atoms with Gasteiger partial charge in [-0.3, -0.25) is 4.79 Å². The fourth-order valence-electron chi connectivity index (χ4n) is 2.55. The first-order valence-corrected chi connectivity index (χ1v) is 7.62. The van der Waals surface area contributed by atoms with E-state index < -0.39 is 0 Å². The quantitative estimate of drug-likeness (QED) is 0.784. The summed E-state index contributed by atoms with van der Waals surface area (Å²) in [4.78, 5) is 13.6. The van der Waals surface area contributed by atoms with Gasteiger partial charge in [-0.25, -0.2) is 4.68 Å². The number of nitrogens with zero attached hydrogens (tertiary/aromatic N) is 2. The highest BCUT2D eigenvalue weighted by Crippen LogP contribution is 2.08. The fraction of sp³-hybridized carbons (Fsp3) is 0.375. The minimum atomic E-state index is -0.0281. The van der Waals surface area contributed by atoms with Crippen molar-refractivity contribution < 1.29 is 14.4 Å². The van der Waals surface area contributed by atoms with Crippen LogP contribution in [0, 0.1) is 0 Å². The van der Waals surface area contributed by atoms with Gasteiger partial charge in [-0.05, 0) is 30.3 Å². The van der Waals surface area contributed by atoms with Gasteiger partial charge in [-0.1, -0.05) is 0 Å². The standard InChI is InChI=1S/C16H20N4O2/c21-16(17-7-9-19-10-12-22-13-11-19)14-2-4-15(5-3-14)20-8-1-6-18-20/h1-6,8H,7,9-13H2,(H,17,21)/p+1. The number of quaternary nitrogens is 1. The van der Waals surface area contributed by atoms with Crippen LogP contribution in [0.15, 0.2) is 42.7 Å². The van der Waals surface area contributed by atoms with Crippen molar-refractivity contribution in [3.8, 4) is 5.69 Å². The molecule has 0 unspecified atom stereocenters. The largest absolute Gasteiger partial charge is 0.370 e. The van der Waals surface area contributed by atoms with Crippen LogP contribution in [-0.4, -0.2) is 55.1 Å². The molecule has 2 N–H and O–H groups in total. The van der Waals surface area contributed by atoms with E-state index >= 15 is 0 Å². The highest BCUT2D eigenvalue weighted by molar-refractivity contribution is 5.94. The number of ether oxygens (including phenoxy) is 1.